The molecule has 2 rings (SSSR count). The molecular formula is C13H15N3O4. The molecule has 1 aromatic heterocycles. The molecule has 2 heterocycles. The molecule has 3 amide bonds. The fourth-order valence-corrected chi connectivity index (χ4v) is 2.07. The number of aliphatic carboxylic acids is 1. The maximum absolute atomic E-state index is 12.5. The topological polar surface area (TPSA) is 99.6 Å². The zero-order valence-corrected chi connectivity index (χ0v) is 11.4. The first-order chi connectivity index (χ1) is 9.21. The Bertz CT molecular complexity index is 585. The van der Waals surface area contributed by atoms with Crippen LogP contribution in [0.1, 0.15) is 26.5 Å². The van der Waals surface area contributed by atoms with E-state index in [0.717, 1.165) is 4.90 Å². The number of urea groups is 1. The van der Waals surface area contributed by atoms with E-state index >= 15 is 0 Å². The van der Waals surface area contributed by atoms with Crippen LogP contribution in [0.2, 0.25) is 0 Å². The summed E-state index contributed by atoms with van der Waals surface area (Å²) in [6.07, 6.45) is 1.50. The van der Waals surface area contributed by atoms with Crippen LogP contribution in [0.4, 0.5) is 4.79 Å². The summed E-state index contributed by atoms with van der Waals surface area (Å²) in [6.45, 7) is 4.11. The van der Waals surface area contributed by atoms with Crippen molar-refractivity contribution in [2.45, 2.75) is 31.8 Å². The zero-order chi connectivity index (χ0) is 15.1. The molecule has 1 fully saturated rings. The predicted octanol–water partition coefficient (Wildman–Crippen LogP) is 0.712. The quantitative estimate of drug-likeness (QED) is 0.793. The minimum atomic E-state index is -1.63. The standard InChI is InChI=1S/C13H15N3O4/c1-12(2,10(18)19)16-9(17)13(3,15-11(16)20)8-6-4-5-7-14-8/h4-7H,1-3H3,(H,15,20)(H,18,19). The van der Waals surface area contributed by atoms with Gasteiger partial charge in [0, 0.05) is 6.20 Å². The number of hydrogen-bond acceptors (Lipinski definition) is 4. The van der Waals surface area contributed by atoms with Gasteiger partial charge in [-0.1, -0.05) is 6.07 Å². The van der Waals surface area contributed by atoms with E-state index in [1.54, 1.807) is 18.2 Å². The van der Waals surface area contributed by atoms with E-state index in [-0.39, 0.29) is 0 Å². The summed E-state index contributed by atoms with van der Waals surface area (Å²) in [4.78, 5) is 40.6. The zero-order valence-electron chi connectivity index (χ0n) is 11.4. The van der Waals surface area contributed by atoms with Crippen molar-refractivity contribution >= 4 is 17.9 Å². The van der Waals surface area contributed by atoms with Crippen LogP contribution in [-0.2, 0) is 15.1 Å². The van der Waals surface area contributed by atoms with Gasteiger partial charge in [-0.3, -0.25) is 9.78 Å². The number of carboxylic acid groups (broad SMARTS) is 1. The summed E-state index contributed by atoms with van der Waals surface area (Å²) >= 11 is 0. The largest absolute Gasteiger partial charge is 0.480 e. The second kappa shape index (κ2) is 4.29. The fourth-order valence-electron chi connectivity index (χ4n) is 2.07. The van der Waals surface area contributed by atoms with Crippen LogP contribution < -0.4 is 5.32 Å². The maximum atomic E-state index is 12.5. The van der Waals surface area contributed by atoms with E-state index in [1.807, 2.05) is 0 Å². The third kappa shape index (κ3) is 1.82. The highest BCUT2D eigenvalue weighted by atomic mass is 16.4. The number of imide groups is 1. The molecule has 0 spiro atoms. The lowest BCUT2D eigenvalue weighted by Crippen LogP contribution is -2.54. The molecule has 1 aliphatic rings. The lowest BCUT2D eigenvalue weighted by molar-refractivity contribution is -0.153. The first-order valence-electron chi connectivity index (χ1n) is 6.03. The van der Waals surface area contributed by atoms with E-state index in [9.17, 15) is 19.5 Å². The number of amides is 3. The molecule has 1 atom stereocenters. The van der Waals surface area contributed by atoms with Gasteiger partial charge in [-0.05, 0) is 32.9 Å². The number of aromatic nitrogens is 1. The number of pyridine rings is 1. The van der Waals surface area contributed by atoms with Crippen LogP contribution in [0.5, 0.6) is 0 Å². The van der Waals surface area contributed by atoms with Crippen LogP contribution >= 0.6 is 0 Å². The molecule has 0 radical (unpaired) electrons. The van der Waals surface area contributed by atoms with E-state index in [2.05, 4.69) is 10.3 Å². The molecule has 1 saturated heterocycles. The highest BCUT2D eigenvalue weighted by Gasteiger charge is 2.56. The summed E-state index contributed by atoms with van der Waals surface area (Å²) in [5, 5.41) is 11.7. The van der Waals surface area contributed by atoms with Crippen molar-refractivity contribution in [1.29, 1.82) is 0 Å². The van der Waals surface area contributed by atoms with Gasteiger partial charge in [-0.15, -0.1) is 0 Å². The lowest BCUT2D eigenvalue weighted by atomic mass is 9.95. The van der Waals surface area contributed by atoms with Crippen LogP contribution in [0.3, 0.4) is 0 Å². The minimum Gasteiger partial charge on any atom is -0.480 e. The Morgan fingerprint density at radius 2 is 2.05 bits per heavy atom. The van der Waals surface area contributed by atoms with Gasteiger partial charge >= 0.3 is 12.0 Å². The Balaban J connectivity index is 2.47. The number of hydrogen-bond donors (Lipinski definition) is 2. The Kier molecular flexibility index (Phi) is 3.00. The molecule has 2 N–H and O–H groups in total. The van der Waals surface area contributed by atoms with Crippen LogP contribution in [-0.4, -0.2) is 38.4 Å². The van der Waals surface area contributed by atoms with Gasteiger partial charge in [0.1, 0.15) is 5.54 Å². The summed E-state index contributed by atoms with van der Waals surface area (Å²) < 4.78 is 0. The molecule has 7 heteroatoms. The van der Waals surface area contributed by atoms with Crippen LogP contribution in [0.25, 0.3) is 0 Å². The SMILES string of the molecule is CC1(c2ccccn2)NC(=O)N(C(C)(C)C(=O)O)C1=O. The van der Waals surface area contributed by atoms with E-state index in [0.29, 0.717) is 5.69 Å². The van der Waals surface area contributed by atoms with Crippen LogP contribution in [0.15, 0.2) is 24.4 Å². The molecular weight excluding hydrogens is 262 g/mol. The van der Waals surface area contributed by atoms with Crippen molar-refractivity contribution in [3.8, 4) is 0 Å². The van der Waals surface area contributed by atoms with Crippen molar-refractivity contribution in [1.82, 2.24) is 15.2 Å². The second-order valence-electron chi connectivity index (χ2n) is 5.27. The van der Waals surface area contributed by atoms with Crippen molar-refractivity contribution in [3.63, 3.8) is 0 Å². The van der Waals surface area contributed by atoms with Crippen LogP contribution in [0, 0.1) is 0 Å². The Labute approximate surface area is 115 Å². The minimum absolute atomic E-state index is 0.363. The van der Waals surface area contributed by atoms with Crippen molar-refractivity contribution in [3.05, 3.63) is 30.1 Å². The number of carbonyl (C=O) groups excluding carboxylic acids is 2. The third-order valence-electron chi connectivity index (χ3n) is 3.45. The van der Waals surface area contributed by atoms with Gasteiger partial charge in [0.2, 0.25) is 0 Å². The smallest absolute Gasteiger partial charge is 0.329 e. The lowest BCUT2D eigenvalue weighted by Gasteiger charge is -2.29. The van der Waals surface area contributed by atoms with Gasteiger partial charge in [0.25, 0.3) is 5.91 Å². The molecule has 1 aliphatic heterocycles. The second-order valence-corrected chi connectivity index (χ2v) is 5.27. The number of rotatable bonds is 3. The summed E-state index contributed by atoms with van der Waals surface area (Å²) in [7, 11) is 0. The molecule has 7 nitrogen and oxygen atoms in total. The Morgan fingerprint density at radius 1 is 1.40 bits per heavy atom. The number of nitrogens with zero attached hydrogens (tertiary/aromatic N) is 2. The van der Waals surface area contributed by atoms with E-state index in [1.165, 1.54) is 27.0 Å². The molecule has 20 heavy (non-hydrogen) atoms. The fraction of sp³-hybridized carbons (Fsp3) is 0.385. The van der Waals surface area contributed by atoms with Gasteiger partial charge in [-0.2, -0.15) is 0 Å². The molecule has 106 valence electrons. The van der Waals surface area contributed by atoms with Crippen molar-refractivity contribution in [2.75, 3.05) is 0 Å². The Hall–Kier alpha value is -2.44. The first kappa shape index (κ1) is 14.0. The molecule has 0 saturated carbocycles. The number of nitrogens with one attached hydrogen (secondary N) is 1. The van der Waals surface area contributed by atoms with Crippen molar-refractivity contribution in [2.24, 2.45) is 0 Å². The van der Waals surface area contributed by atoms with Crippen molar-refractivity contribution < 1.29 is 19.5 Å². The summed E-state index contributed by atoms with van der Waals surface area (Å²) in [6, 6.07) is 4.25. The molecule has 0 bridgehead atoms. The van der Waals surface area contributed by atoms with Gasteiger partial charge in [0.05, 0.1) is 5.69 Å². The van der Waals surface area contributed by atoms with Gasteiger partial charge in [0.15, 0.2) is 5.54 Å². The van der Waals surface area contributed by atoms with E-state index in [4.69, 9.17) is 0 Å². The van der Waals surface area contributed by atoms with Gasteiger partial charge < -0.3 is 10.4 Å². The molecule has 0 aromatic carbocycles. The maximum Gasteiger partial charge on any atom is 0.329 e. The summed E-state index contributed by atoms with van der Waals surface area (Å²) in [5.74, 6) is -1.89. The molecule has 0 aliphatic carbocycles. The number of carboxylic acids is 1. The summed E-state index contributed by atoms with van der Waals surface area (Å²) in [5.41, 5.74) is -2.62. The third-order valence-corrected chi connectivity index (χ3v) is 3.45. The highest BCUT2D eigenvalue weighted by Crippen LogP contribution is 2.31. The monoisotopic (exact) mass is 277 g/mol. The molecule has 1 aromatic rings. The Morgan fingerprint density at radius 3 is 2.55 bits per heavy atom. The average molecular weight is 277 g/mol. The van der Waals surface area contributed by atoms with E-state index < -0.39 is 29.0 Å². The number of carbonyl (C=O) groups is 3. The first-order valence-corrected chi connectivity index (χ1v) is 6.03. The normalized spacial score (nSPS) is 22.9. The predicted molar refractivity (Wildman–Crippen MR) is 68.7 cm³/mol. The average Bonchev–Trinajstić information content (AvgIpc) is 2.62. The van der Waals surface area contributed by atoms with Gasteiger partial charge in [-0.25, -0.2) is 14.5 Å². The molecule has 1 unspecified atom stereocenters. The highest BCUT2D eigenvalue weighted by molar-refractivity contribution is 6.10.